The molecule has 190 valence electrons. The van der Waals surface area contributed by atoms with Gasteiger partial charge >= 0.3 is 17.9 Å². The Kier molecular flexibility index (Phi) is 9.53. The maximum Gasteiger partial charge on any atom is 0.317 e. The number of aryl methyl sites for hydroxylation is 1. The summed E-state index contributed by atoms with van der Waals surface area (Å²) in [6.45, 7) is 3.25. The number of hydrogen-bond donors (Lipinski definition) is 3. The summed E-state index contributed by atoms with van der Waals surface area (Å²) in [5, 5.41) is 28.6. The van der Waals surface area contributed by atoms with E-state index in [1.54, 1.807) is 9.80 Å². The van der Waals surface area contributed by atoms with Gasteiger partial charge in [-0.3, -0.25) is 34.1 Å². The van der Waals surface area contributed by atoms with Crippen LogP contribution in [0.1, 0.15) is 17.5 Å². The van der Waals surface area contributed by atoms with E-state index in [0.29, 0.717) is 45.6 Å². The van der Waals surface area contributed by atoms with Crippen LogP contribution in [0.15, 0.2) is 41.4 Å². The highest BCUT2D eigenvalue weighted by Crippen LogP contribution is 2.16. The van der Waals surface area contributed by atoms with Crippen molar-refractivity contribution in [3.05, 3.63) is 47.5 Å². The van der Waals surface area contributed by atoms with Gasteiger partial charge in [-0.15, -0.1) is 0 Å². The fourth-order valence-electron chi connectivity index (χ4n) is 4.63. The SMILES string of the molecule is Cc1ccc(C[C@H]2CN(CC(=O)O)CCN(CC(=O)O)CC3CC=CC(=N3)CN2CC(=O)O)cc1. The molecule has 1 unspecified atom stereocenters. The highest BCUT2D eigenvalue weighted by Gasteiger charge is 2.28. The highest BCUT2D eigenvalue weighted by molar-refractivity contribution is 5.97. The van der Waals surface area contributed by atoms with E-state index in [9.17, 15) is 29.7 Å². The van der Waals surface area contributed by atoms with Gasteiger partial charge in [0.1, 0.15) is 0 Å². The van der Waals surface area contributed by atoms with E-state index in [-0.39, 0.29) is 31.7 Å². The van der Waals surface area contributed by atoms with Crippen LogP contribution in [0.5, 0.6) is 0 Å². The van der Waals surface area contributed by atoms with Crippen molar-refractivity contribution in [1.82, 2.24) is 14.7 Å². The minimum absolute atomic E-state index is 0.135. The smallest absolute Gasteiger partial charge is 0.317 e. The molecule has 0 spiro atoms. The van der Waals surface area contributed by atoms with Crippen LogP contribution < -0.4 is 0 Å². The first-order valence-corrected chi connectivity index (χ1v) is 11.8. The lowest BCUT2D eigenvalue weighted by molar-refractivity contribution is -0.141. The molecular formula is C25H34N4O6. The lowest BCUT2D eigenvalue weighted by atomic mass is 10.0. The number of rotatable bonds is 8. The number of nitrogens with zero attached hydrogens (tertiary/aromatic N) is 4. The average molecular weight is 487 g/mol. The summed E-state index contributed by atoms with van der Waals surface area (Å²) in [6, 6.07) is 7.61. The first-order valence-electron chi connectivity index (χ1n) is 11.8. The molecule has 0 aliphatic carbocycles. The van der Waals surface area contributed by atoms with Crippen LogP contribution in [-0.4, -0.2) is 118 Å². The Balaban J connectivity index is 1.96. The van der Waals surface area contributed by atoms with E-state index in [0.717, 1.165) is 16.8 Å². The molecule has 0 saturated heterocycles. The average Bonchev–Trinajstić information content (AvgIpc) is 2.76. The maximum atomic E-state index is 11.8. The number of carboxylic acids is 3. The molecule has 2 aliphatic heterocycles. The zero-order valence-electron chi connectivity index (χ0n) is 20.0. The van der Waals surface area contributed by atoms with Gasteiger partial charge in [0, 0.05) is 44.5 Å². The Labute approximate surface area is 205 Å². The van der Waals surface area contributed by atoms with Gasteiger partial charge in [-0.05, 0) is 31.4 Å². The standard InChI is InChI=1S/C25H34N4O6/c1-18-5-7-19(8-6-18)11-22-14-28(16-24(32)33)10-9-27(15-23(30)31)12-20-3-2-4-21(26-20)13-29(22)17-25(34)35/h2,4-8,20,22H,3,9-17H2,1H3,(H,30,31)(H,32,33)(H,34,35)/t20?,22-/m0/s1. The molecule has 0 saturated carbocycles. The molecule has 0 amide bonds. The third-order valence-electron chi connectivity index (χ3n) is 6.27. The van der Waals surface area contributed by atoms with Crippen LogP contribution >= 0.6 is 0 Å². The summed E-state index contributed by atoms with van der Waals surface area (Å²) in [4.78, 5) is 45.1. The molecule has 1 aromatic carbocycles. The minimum atomic E-state index is -0.982. The molecule has 10 heteroatoms. The largest absolute Gasteiger partial charge is 0.480 e. The van der Waals surface area contributed by atoms with Crippen molar-refractivity contribution < 1.29 is 29.7 Å². The number of aliphatic carboxylic acids is 3. The van der Waals surface area contributed by atoms with Gasteiger partial charge in [-0.25, -0.2) is 0 Å². The predicted molar refractivity (Wildman–Crippen MR) is 131 cm³/mol. The predicted octanol–water partition coefficient (Wildman–Crippen LogP) is 0.849. The van der Waals surface area contributed by atoms with Gasteiger partial charge in [-0.1, -0.05) is 35.9 Å². The number of carboxylic acid groups (broad SMARTS) is 3. The second-order valence-electron chi connectivity index (χ2n) is 9.31. The summed E-state index contributed by atoms with van der Waals surface area (Å²) in [5.41, 5.74) is 2.90. The van der Waals surface area contributed by atoms with E-state index >= 15 is 0 Å². The first-order chi connectivity index (χ1) is 16.7. The first kappa shape index (κ1) is 26.5. The van der Waals surface area contributed by atoms with Gasteiger partial charge in [0.15, 0.2) is 0 Å². The number of aliphatic imine (C=N–C) groups is 1. The second-order valence-corrected chi connectivity index (χ2v) is 9.31. The van der Waals surface area contributed by atoms with Crippen LogP contribution in [0.3, 0.4) is 0 Å². The van der Waals surface area contributed by atoms with Gasteiger partial charge in [0.2, 0.25) is 0 Å². The topological polar surface area (TPSA) is 134 Å². The lowest BCUT2D eigenvalue weighted by Gasteiger charge is -2.37. The maximum absolute atomic E-state index is 11.8. The van der Waals surface area contributed by atoms with Gasteiger partial charge < -0.3 is 15.3 Å². The molecule has 2 atom stereocenters. The number of benzene rings is 1. The van der Waals surface area contributed by atoms with Crippen LogP contribution in [0.2, 0.25) is 0 Å². The molecule has 3 rings (SSSR count). The number of dihydropyridines is 1. The number of carbonyl (C=O) groups is 3. The van der Waals surface area contributed by atoms with Crippen molar-refractivity contribution in [3.63, 3.8) is 0 Å². The second kappa shape index (κ2) is 12.6. The molecule has 0 aromatic heterocycles. The fourth-order valence-corrected chi connectivity index (χ4v) is 4.63. The normalized spacial score (nSPS) is 22.6. The van der Waals surface area contributed by atoms with Crippen LogP contribution in [0.25, 0.3) is 0 Å². The fraction of sp³-hybridized carbons (Fsp3) is 0.520. The van der Waals surface area contributed by atoms with Gasteiger partial charge in [-0.2, -0.15) is 0 Å². The summed E-state index contributed by atoms with van der Waals surface area (Å²) < 4.78 is 0. The number of fused-ring (bicyclic) bond motifs is 1. The van der Waals surface area contributed by atoms with E-state index in [1.165, 1.54) is 0 Å². The Morgan fingerprint density at radius 1 is 0.914 bits per heavy atom. The van der Waals surface area contributed by atoms with E-state index in [2.05, 4.69) is 0 Å². The van der Waals surface area contributed by atoms with Crippen molar-refractivity contribution in [2.45, 2.75) is 31.8 Å². The van der Waals surface area contributed by atoms with Crippen molar-refractivity contribution in [2.75, 3.05) is 52.4 Å². The minimum Gasteiger partial charge on any atom is -0.480 e. The zero-order valence-corrected chi connectivity index (χ0v) is 20.0. The summed E-state index contributed by atoms with van der Waals surface area (Å²) in [5.74, 6) is -2.88. The number of hydrogen-bond acceptors (Lipinski definition) is 7. The van der Waals surface area contributed by atoms with Gasteiger partial charge in [0.25, 0.3) is 0 Å². The van der Waals surface area contributed by atoms with Gasteiger partial charge in [0.05, 0.1) is 25.7 Å². The lowest BCUT2D eigenvalue weighted by Crippen LogP contribution is -2.52. The summed E-state index contributed by atoms with van der Waals surface area (Å²) in [6.07, 6.45) is 5.12. The summed E-state index contributed by atoms with van der Waals surface area (Å²) >= 11 is 0. The Hall–Kier alpha value is -3.08. The summed E-state index contributed by atoms with van der Waals surface area (Å²) in [7, 11) is 0. The van der Waals surface area contributed by atoms with E-state index in [1.807, 2.05) is 48.2 Å². The van der Waals surface area contributed by atoms with Crippen LogP contribution in [0, 0.1) is 6.92 Å². The molecule has 0 fully saturated rings. The Morgan fingerprint density at radius 3 is 2.11 bits per heavy atom. The molecular weight excluding hydrogens is 452 g/mol. The van der Waals surface area contributed by atoms with E-state index in [4.69, 9.17) is 4.99 Å². The Morgan fingerprint density at radius 2 is 1.51 bits per heavy atom. The molecule has 35 heavy (non-hydrogen) atoms. The Bertz CT molecular complexity index is 961. The van der Waals surface area contributed by atoms with Crippen LogP contribution in [-0.2, 0) is 20.8 Å². The zero-order chi connectivity index (χ0) is 25.4. The molecule has 2 bridgehead atoms. The van der Waals surface area contributed by atoms with Crippen molar-refractivity contribution >= 4 is 23.6 Å². The molecule has 2 aliphatic rings. The molecule has 2 heterocycles. The van der Waals surface area contributed by atoms with Crippen molar-refractivity contribution in [2.24, 2.45) is 4.99 Å². The molecule has 0 radical (unpaired) electrons. The third-order valence-corrected chi connectivity index (χ3v) is 6.27. The molecule has 1 aromatic rings. The monoisotopic (exact) mass is 486 g/mol. The highest BCUT2D eigenvalue weighted by atomic mass is 16.4. The van der Waals surface area contributed by atoms with Crippen LogP contribution in [0.4, 0.5) is 0 Å². The van der Waals surface area contributed by atoms with Crippen molar-refractivity contribution in [1.29, 1.82) is 0 Å². The van der Waals surface area contributed by atoms with Crippen molar-refractivity contribution in [3.8, 4) is 0 Å². The molecule has 3 N–H and O–H groups in total. The quantitative estimate of drug-likeness (QED) is 0.489. The molecule has 10 nitrogen and oxygen atoms in total. The van der Waals surface area contributed by atoms with E-state index < -0.39 is 17.9 Å². The third kappa shape index (κ3) is 8.89.